The first kappa shape index (κ1) is 15.2. The second kappa shape index (κ2) is 6.16. The summed E-state index contributed by atoms with van der Waals surface area (Å²) >= 11 is 0. The van der Waals surface area contributed by atoms with Gasteiger partial charge in [0.2, 0.25) is 0 Å². The van der Waals surface area contributed by atoms with E-state index >= 15 is 0 Å². The molecule has 0 radical (unpaired) electrons. The Morgan fingerprint density at radius 1 is 1.32 bits per heavy atom. The maximum atomic E-state index is 11.6. The highest BCUT2D eigenvalue weighted by atomic mass is 16.5. The summed E-state index contributed by atoms with van der Waals surface area (Å²) in [6, 6.07) is 5.49. The Hall–Kier alpha value is -1.75. The van der Waals surface area contributed by atoms with Gasteiger partial charge in [0, 0.05) is 6.61 Å². The van der Waals surface area contributed by atoms with Gasteiger partial charge in [0.25, 0.3) is 0 Å². The van der Waals surface area contributed by atoms with Crippen LogP contribution < -0.4 is 9.47 Å². The molecule has 1 unspecified atom stereocenters. The van der Waals surface area contributed by atoms with E-state index in [9.17, 15) is 9.90 Å². The zero-order valence-corrected chi connectivity index (χ0v) is 12.8. The van der Waals surface area contributed by atoms with Gasteiger partial charge in [0.15, 0.2) is 11.5 Å². The van der Waals surface area contributed by atoms with E-state index in [1.165, 1.54) is 0 Å². The molecule has 0 amide bonds. The third kappa shape index (κ3) is 2.65. The van der Waals surface area contributed by atoms with E-state index in [0.29, 0.717) is 30.9 Å². The van der Waals surface area contributed by atoms with Crippen molar-refractivity contribution in [2.24, 2.45) is 0 Å². The minimum Gasteiger partial charge on any atom is -0.493 e. The van der Waals surface area contributed by atoms with Crippen LogP contribution in [0, 0.1) is 0 Å². The number of hydrogen-bond donors (Lipinski definition) is 1. The zero-order valence-electron chi connectivity index (χ0n) is 12.8. The molecule has 5 heteroatoms. The van der Waals surface area contributed by atoms with E-state index in [0.717, 1.165) is 31.4 Å². The molecule has 1 heterocycles. The molecular weight excluding hydrogens is 284 g/mol. The molecule has 1 saturated heterocycles. The summed E-state index contributed by atoms with van der Waals surface area (Å²) < 4.78 is 16.8. The Morgan fingerprint density at radius 2 is 2.14 bits per heavy atom. The predicted molar refractivity (Wildman–Crippen MR) is 80.6 cm³/mol. The summed E-state index contributed by atoms with van der Waals surface area (Å²) in [4.78, 5) is 11.6. The van der Waals surface area contributed by atoms with Crippen molar-refractivity contribution in [2.45, 2.75) is 43.6 Å². The number of hydrogen-bond acceptors (Lipinski definition) is 4. The fourth-order valence-electron chi connectivity index (χ4n) is 3.20. The number of benzene rings is 1. The fraction of sp³-hybridized carbons (Fsp3) is 0.588. The molecule has 0 aromatic heterocycles. The summed E-state index contributed by atoms with van der Waals surface area (Å²) in [5, 5.41) is 9.54. The van der Waals surface area contributed by atoms with E-state index in [1.807, 2.05) is 18.2 Å². The number of ether oxygens (including phenoxy) is 3. The van der Waals surface area contributed by atoms with Crippen LogP contribution in [0.1, 0.15) is 37.7 Å². The van der Waals surface area contributed by atoms with E-state index in [-0.39, 0.29) is 6.10 Å². The normalized spacial score (nSPS) is 23.4. The quantitative estimate of drug-likeness (QED) is 0.906. The molecule has 3 rings (SSSR count). The standard InChI is InChI=1S/C17H22O5/c1-20-15-10-12(17(16(18)19)7-3-8-17)5-6-14(15)22-13-4-2-9-21-11-13/h5-6,10,13H,2-4,7-9,11H2,1H3,(H,18,19). The van der Waals surface area contributed by atoms with Crippen molar-refractivity contribution in [2.75, 3.05) is 20.3 Å². The molecule has 1 aromatic carbocycles. The number of aliphatic carboxylic acids is 1. The first-order chi connectivity index (χ1) is 10.7. The molecule has 1 aliphatic heterocycles. The van der Waals surface area contributed by atoms with Gasteiger partial charge in [-0.15, -0.1) is 0 Å². The minimum atomic E-state index is -0.754. The lowest BCUT2D eigenvalue weighted by Crippen LogP contribution is -2.42. The van der Waals surface area contributed by atoms with Crippen molar-refractivity contribution in [3.63, 3.8) is 0 Å². The van der Waals surface area contributed by atoms with Crippen LogP contribution in [0.4, 0.5) is 0 Å². The van der Waals surface area contributed by atoms with Crippen LogP contribution in [0.2, 0.25) is 0 Å². The maximum absolute atomic E-state index is 11.6. The lowest BCUT2D eigenvalue weighted by atomic mass is 9.64. The SMILES string of the molecule is COc1cc(C2(C(=O)O)CCC2)ccc1OC1CCCOC1. The zero-order chi connectivity index (χ0) is 15.6. The summed E-state index contributed by atoms with van der Waals surface area (Å²) in [6.45, 7) is 1.38. The highest BCUT2D eigenvalue weighted by Crippen LogP contribution is 2.46. The average molecular weight is 306 g/mol. The van der Waals surface area contributed by atoms with Crippen LogP contribution in [0.25, 0.3) is 0 Å². The highest BCUT2D eigenvalue weighted by molar-refractivity contribution is 5.83. The molecule has 1 aliphatic carbocycles. The summed E-state index contributed by atoms with van der Waals surface area (Å²) in [6.07, 6.45) is 4.30. The summed E-state index contributed by atoms with van der Waals surface area (Å²) in [7, 11) is 1.58. The fourth-order valence-corrected chi connectivity index (χ4v) is 3.20. The molecule has 1 atom stereocenters. The molecule has 2 aliphatic rings. The maximum Gasteiger partial charge on any atom is 0.314 e. The lowest BCUT2D eigenvalue weighted by molar-refractivity contribution is -0.147. The number of rotatable bonds is 5. The Bertz CT molecular complexity index is 544. The molecule has 1 N–H and O–H groups in total. The topological polar surface area (TPSA) is 65.0 Å². The number of carboxylic acid groups (broad SMARTS) is 1. The van der Waals surface area contributed by atoms with E-state index < -0.39 is 11.4 Å². The third-order valence-electron chi connectivity index (χ3n) is 4.74. The average Bonchev–Trinajstić information content (AvgIpc) is 2.48. The molecule has 22 heavy (non-hydrogen) atoms. The second-order valence-electron chi connectivity index (χ2n) is 6.06. The van der Waals surface area contributed by atoms with Crippen molar-refractivity contribution in [1.82, 2.24) is 0 Å². The van der Waals surface area contributed by atoms with Crippen LogP contribution in [0.15, 0.2) is 18.2 Å². The second-order valence-corrected chi connectivity index (χ2v) is 6.06. The first-order valence-electron chi connectivity index (χ1n) is 7.82. The molecule has 0 bridgehead atoms. The smallest absolute Gasteiger partial charge is 0.314 e. The predicted octanol–water partition coefficient (Wildman–Crippen LogP) is 2.76. The molecule has 2 fully saturated rings. The molecular formula is C17H22O5. The Kier molecular flexibility index (Phi) is 4.25. The molecule has 5 nitrogen and oxygen atoms in total. The molecule has 0 spiro atoms. The monoisotopic (exact) mass is 306 g/mol. The summed E-state index contributed by atoms with van der Waals surface area (Å²) in [5.74, 6) is 0.493. The van der Waals surface area contributed by atoms with Crippen molar-refractivity contribution in [1.29, 1.82) is 0 Å². The van der Waals surface area contributed by atoms with Gasteiger partial charge in [-0.05, 0) is 43.4 Å². The Morgan fingerprint density at radius 3 is 2.68 bits per heavy atom. The van der Waals surface area contributed by atoms with Crippen LogP contribution in [-0.4, -0.2) is 37.5 Å². The van der Waals surface area contributed by atoms with Crippen LogP contribution >= 0.6 is 0 Å². The number of methoxy groups -OCH3 is 1. The third-order valence-corrected chi connectivity index (χ3v) is 4.74. The van der Waals surface area contributed by atoms with Gasteiger partial charge in [-0.3, -0.25) is 4.79 Å². The van der Waals surface area contributed by atoms with Crippen molar-refractivity contribution in [3.8, 4) is 11.5 Å². The van der Waals surface area contributed by atoms with Gasteiger partial charge < -0.3 is 19.3 Å². The lowest BCUT2D eigenvalue weighted by Gasteiger charge is -2.38. The van der Waals surface area contributed by atoms with Gasteiger partial charge in [0.1, 0.15) is 6.10 Å². The van der Waals surface area contributed by atoms with E-state index in [2.05, 4.69) is 0 Å². The van der Waals surface area contributed by atoms with Gasteiger partial charge in [0.05, 0.1) is 19.1 Å². The summed E-state index contributed by atoms with van der Waals surface area (Å²) in [5.41, 5.74) is 0.0510. The van der Waals surface area contributed by atoms with E-state index in [1.54, 1.807) is 7.11 Å². The van der Waals surface area contributed by atoms with Crippen molar-refractivity contribution < 1.29 is 24.1 Å². The number of carboxylic acids is 1. The van der Waals surface area contributed by atoms with Crippen molar-refractivity contribution >= 4 is 5.97 Å². The number of carbonyl (C=O) groups is 1. The highest BCUT2D eigenvalue weighted by Gasteiger charge is 2.46. The van der Waals surface area contributed by atoms with Crippen molar-refractivity contribution in [3.05, 3.63) is 23.8 Å². The van der Waals surface area contributed by atoms with Gasteiger partial charge in [-0.25, -0.2) is 0 Å². The molecule has 1 aromatic rings. The van der Waals surface area contributed by atoms with Gasteiger partial charge in [-0.1, -0.05) is 12.5 Å². The first-order valence-corrected chi connectivity index (χ1v) is 7.82. The van der Waals surface area contributed by atoms with Crippen LogP contribution in [-0.2, 0) is 14.9 Å². The minimum absolute atomic E-state index is 0.0330. The largest absolute Gasteiger partial charge is 0.493 e. The molecule has 120 valence electrons. The van der Waals surface area contributed by atoms with Crippen LogP contribution in [0.3, 0.4) is 0 Å². The van der Waals surface area contributed by atoms with Gasteiger partial charge >= 0.3 is 5.97 Å². The Labute approximate surface area is 130 Å². The van der Waals surface area contributed by atoms with Gasteiger partial charge in [-0.2, -0.15) is 0 Å². The Balaban J connectivity index is 1.82. The molecule has 1 saturated carbocycles. The van der Waals surface area contributed by atoms with Crippen LogP contribution in [0.5, 0.6) is 11.5 Å². The van der Waals surface area contributed by atoms with E-state index in [4.69, 9.17) is 14.2 Å².